The molecule has 1 heterocycles. The zero-order chi connectivity index (χ0) is 13.7. The topological polar surface area (TPSA) is 37.4 Å². The van der Waals surface area contributed by atoms with E-state index in [9.17, 15) is 9.59 Å². The van der Waals surface area contributed by atoms with Crippen molar-refractivity contribution in [3.63, 3.8) is 0 Å². The second-order valence-electron chi connectivity index (χ2n) is 5.85. The zero-order valence-electron chi connectivity index (χ0n) is 12.2. The summed E-state index contributed by atoms with van der Waals surface area (Å²) in [6, 6.07) is -0.144. The van der Waals surface area contributed by atoms with Crippen molar-refractivity contribution in [2.45, 2.75) is 65.8 Å². The van der Waals surface area contributed by atoms with Gasteiger partial charge in [0.25, 0.3) is 0 Å². The van der Waals surface area contributed by atoms with E-state index in [0.717, 1.165) is 32.2 Å². The Morgan fingerprint density at radius 1 is 1.28 bits per heavy atom. The maximum absolute atomic E-state index is 12.2. The average Bonchev–Trinajstić information content (AvgIpc) is 2.83. The van der Waals surface area contributed by atoms with Crippen LogP contribution in [0.25, 0.3) is 0 Å². The van der Waals surface area contributed by atoms with Gasteiger partial charge in [-0.15, -0.1) is 0 Å². The fraction of sp³-hybridized carbons (Fsp3) is 0.867. The lowest BCUT2D eigenvalue weighted by Crippen LogP contribution is -2.42. The predicted octanol–water partition coefficient (Wildman–Crippen LogP) is 3.03. The summed E-state index contributed by atoms with van der Waals surface area (Å²) in [6.45, 7) is 8.93. The third-order valence-electron chi connectivity index (χ3n) is 4.02. The molecule has 0 bridgehead atoms. The average molecular weight is 253 g/mol. The number of carbonyl (C=O) groups is 2. The minimum absolute atomic E-state index is 0.0259. The SMILES string of the molecule is CCC(C)CCC(=O)N1CCCC1C(=O)C(C)C. The highest BCUT2D eigenvalue weighted by Gasteiger charge is 2.34. The first-order chi connectivity index (χ1) is 8.47. The molecule has 104 valence electrons. The number of amides is 1. The molecule has 0 aromatic heterocycles. The van der Waals surface area contributed by atoms with Crippen LogP contribution in [0.1, 0.15) is 59.8 Å². The molecule has 1 fully saturated rings. The molecule has 1 rings (SSSR count). The van der Waals surface area contributed by atoms with Gasteiger partial charge in [-0.2, -0.15) is 0 Å². The summed E-state index contributed by atoms with van der Waals surface area (Å²) in [4.78, 5) is 26.1. The molecule has 1 amide bonds. The molecular weight excluding hydrogens is 226 g/mol. The highest BCUT2D eigenvalue weighted by atomic mass is 16.2. The highest BCUT2D eigenvalue weighted by molar-refractivity contribution is 5.90. The van der Waals surface area contributed by atoms with E-state index in [1.807, 2.05) is 18.7 Å². The summed E-state index contributed by atoms with van der Waals surface area (Å²) in [5.41, 5.74) is 0. The van der Waals surface area contributed by atoms with Crippen LogP contribution < -0.4 is 0 Å². The normalized spacial score (nSPS) is 21.4. The van der Waals surface area contributed by atoms with Crippen molar-refractivity contribution in [1.29, 1.82) is 0 Å². The van der Waals surface area contributed by atoms with E-state index < -0.39 is 0 Å². The van der Waals surface area contributed by atoms with Crippen molar-refractivity contribution in [1.82, 2.24) is 4.90 Å². The van der Waals surface area contributed by atoms with E-state index >= 15 is 0 Å². The third kappa shape index (κ3) is 3.82. The standard InChI is InChI=1S/C15H27NO2/c1-5-12(4)8-9-14(17)16-10-6-7-13(16)15(18)11(2)3/h11-13H,5-10H2,1-4H3. The summed E-state index contributed by atoms with van der Waals surface area (Å²) in [5, 5.41) is 0. The monoisotopic (exact) mass is 253 g/mol. The minimum Gasteiger partial charge on any atom is -0.333 e. The van der Waals surface area contributed by atoms with Crippen LogP contribution in [-0.4, -0.2) is 29.2 Å². The van der Waals surface area contributed by atoms with Gasteiger partial charge in [0.15, 0.2) is 5.78 Å². The summed E-state index contributed by atoms with van der Waals surface area (Å²) in [7, 11) is 0. The van der Waals surface area contributed by atoms with Crippen molar-refractivity contribution in [2.75, 3.05) is 6.54 Å². The van der Waals surface area contributed by atoms with Crippen LogP contribution in [0.15, 0.2) is 0 Å². The van der Waals surface area contributed by atoms with Crippen LogP contribution in [-0.2, 0) is 9.59 Å². The molecule has 2 unspecified atom stereocenters. The van der Waals surface area contributed by atoms with Gasteiger partial charge in [0.1, 0.15) is 0 Å². The van der Waals surface area contributed by atoms with Gasteiger partial charge in [0.05, 0.1) is 6.04 Å². The first-order valence-electron chi connectivity index (χ1n) is 7.30. The summed E-state index contributed by atoms with van der Waals surface area (Å²) in [6.07, 6.45) is 4.47. The molecule has 18 heavy (non-hydrogen) atoms. The molecule has 1 aliphatic heterocycles. The Balaban J connectivity index is 2.53. The van der Waals surface area contributed by atoms with Gasteiger partial charge < -0.3 is 4.90 Å². The number of carbonyl (C=O) groups excluding carboxylic acids is 2. The number of hydrogen-bond donors (Lipinski definition) is 0. The second kappa shape index (κ2) is 6.91. The van der Waals surface area contributed by atoms with Crippen molar-refractivity contribution < 1.29 is 9.59 Å². The molecule has 0 spiro atoms. The van der Waals surface area contributed by atoms with Crippen molar-refractivity contribution >= 4 is 11.7 Å². The van der Waals surface area contributed by atoms with Crippen LogP contribution in [0, 0.1) is 11.8 Å². The van der Waals surface area contributed by atoms with Gasteiger partial charge in [-0.05, 0) is 25.2 Å². The fourth-order valence-corrected chi connectivity index (χ4v) is 2.46. The van der Waals surface area contributed by atoms with Crippen LogP contribution in [0.4, 0.5) is 0 Å². The Kier molecular flexibility index (Phi) is 5.83. The second-order valence-corrected chi connectivity index (χ2v) is 5.85. The fourth-order valence-electron chi connectivity index (χ4n) is 2.46. The Morgan fingerprint density at radius 3 is 2.50 bits per heavy atom. The van der Waals surface area contributed by atoms with Crippen LogP contribution >= 0.6 is 0 Å². The molecule has 1 saturated heterocycles. The van der Waals surface area contributed by atoms with Gasteiger partial charge in [-0.3, -0.25) is 9.59 Å². The van der Waals surface area contributed by atoms with E-state index in [-0.39, 0.29) is 23.7 Å². The summed E-state index contributed by atoms with van der Waals surface area (Å²) in [5.74, 6) is 1.02. The van der Waals surface area contributed by atoms with Crippen LogP contribution in [0.2, 0.25) is 0 Å². The van der Waals surface area contributed by atoms with Gasteiger partial charge in [0, 0.05) is 18.9 Å². The van der Waals surface area contributed by atoms with Crippen molar-refractivity contribution in [3.8, 4) is 0 Å². The maximum atomic E-state index is 12.2. The summed E-state index contributed by atoms with van der Waals surface area (Å²) >= 11 is 0. The largest absolute Gasteiger partial charge is 0.333 e. The highest BCUT2D eigenvalue weighted by Crippen LogP contribution is 2.23. The van der Waals surface area contributed by atoms with Gasteiger partial charge in [0.2, 0.25) is 5.91 Å². The minimum atomic E-state index is -0.144. The number of nitrogens with zero attached hydrogens (tertiary/aromatic N) is 1. The predicted molar refractivity (Wildman–Crippen MR) is 73.3 cm³/mol. The van der Waals surface area contributed by atoms with E-state index in [0.29, 0.717) is 12.3 Å². The number of rotatable bonds is 6. The Bertz CT molecular complexity index is 299. The summed E-state index contributed by atoms with van der Waals surface area (Å²) < 4.78 is 0. The van der Waals surface area contributed by atoms with Gasteiger partial charge in [-0.1, -0.05) is 34.1 Å². The lowest BCUT2D eigenvalue weighted by molar-refractivity contribution is -0.138. The molecule has 0 aromatic carbocycles. The lowest BCUT2D eigenvalue weighted by Gasteiger charge is -2.25. The lowest BCUT2D eigenvalue weighted by atomic mass is 9.99. The molecule has 2 atom stereocenters. The Labute approximate surface area is 111 Å². The van der Waals surface area contributed by atoms with E-state index in [2.05, 4.69) is 13.8 Å². The maximum Gasteiger partial charge on any atom is 0.223 e. The number of hydrogen-bond acceptors (Lipinski definition) is 2. The quantitative estimate of drug-likeness (QED) is 0.729. The molecule has 0 aromatic rings. The zero-order valence-corrected chi connectivity index (χ0v) is 12.2. The third-order valence-corrected chi connectivity index (χ3v) is 4.02. The van der Waals surface area contributed by atoms with E-state index in [1.54, 1.807) is 0 Å². The molecule has 1 aliphatic rings. The molecule has 3 nitrogen and oxygen atoms in total. The van der Waals surface area contributed by atoms with E-state index in [1.165, 1.54) is 0 Å². The van der Waals surface area contributed by atoms with Crippen molar-refractivity contribution in [2.24, 2.45) is 11.8 Å². The molecule has 3 heteroatoms. The first kappa shape index (κ1) is 15.2. The van der Waals surface area contributed by atoms with Crippen LogP contribution in [0.5, 0.6) is 0 Å². The van der Waals surface area contributed by atoms with Gasteiger partial charge in [-0.25, -0.2) is 0 Å². The number of likely N-dealkylation sites (tertiary alicyclic amines) is 1. The van der Waals surface area contributed by atoms with Crippen molar-refractivity contribution in [3.05, 3.63) is 0 Å². The van der Waals surface area contributed by atoms with Gasteiger partial charge >= 0.3 is 0 Å². The molecule has 0 saturated carbocycles. The first-order valence-corrected chi connectivity index (χ1v) is 7.30. The van der Waals surface area contributed by atoms with E-state index in [4.69, 9.17) is 0 Å². The number of Topliss-reactive ketones (excluding diaryl/α,β-unsaturated/α-hetero) is 1. The van der Waals surface area contributed by atoms with Crippen LogP contribution in [0.3, 0.4) is 0 Å². The number of ketones is 1. The Morgan fingerprint density at radius 2 is 1.94 bits per heavy atom. The molecule has 0 radical (unpaired) electrons. The molecule has 0 aliphatic carbocycles. The smallest absolute Gasteiger partial charge is 0.223 e. The molecule has 0 N–H and O–H groups in total. The Hall–Kier alpha value is -0.860. The molecular formula is C15H27NO2.